The van der Waals surface area contributed by atoms with Crippen molar-refractivity contribution in [2.24, 2.45) is 0 Å². The molecule has 2 aromatic rings. The summed E-state index contributed by atoms with van der Waals surface area (Å²) in [7, 11) is 0. The fourth-order valence-electron chi connectivity index (χ4n) is 1.77. The van der Waals surface area contributed by atoms with E-state index in [9.17, 15) is 0 Å². The molecule has 0 spiro atoms. The fourth-order valence-corrected chi connectivity index (χ4v) is 2.00. The molecule has 1 nitrogen and oxygen atoms in total. The van der Waals surface area contributed by atoms with Gasteiger partial charge in [0.05, 0.1) is 5.69 Å². The Balaban J connectivity index is 2.83. The predicted molar refractivity (Wildman–Crippen MR) is 65.5 cm³/mol. The molecule has 0 radical (unpaired) electrons. The number of fused-ring (bicyclic) bond motifs is 1. The van der Waals surface area contributed by atoms with Crippen molar-refractivity contribution < 1.29 is 0 Å². The molecular formula is C13H14ClN. The van der Waals surface area contributed by atoms with Gasteiger partial charge in [0.25, 0.3) is 0 Å². The number of halogens is 1. The van der Waals surface area contributed by atoms with Gasteiger partial charge in [-0.2, -0.15) is 0 Å². The minimum atomic E-state index is 0.0458. The van der Waals surface area contributed by atoms with Crippen molar-refractivity contribution in [2.45, 2.75) is 26.2 Å². The molecular weight excluding hydrogens is 206 g/mol. The van der Waals surface area contributed by atoms with E-state index in [2.05, 4.69) is 31.8 Å². The van der Waals surface area contributed by atoms with E-state index in [1.807, 2.05) is 24.4 Å². The van der Waals surface area contributed by atoms with Gasteiger partial charge in [-0.3, -0.25) is 4.98 Å². The average Bonchev–Trinajstić information content (AvgIpc) is 2.16. The summed E-state index contributed by atoms with van der Waals surface area (Å²) in [5, 5.41) is 3.02. The molecule has 0 amide bonds. The van der Waals surface area contributed by atoms with E-state index < -0.39 is 0 Å². The van der Waals surface area contributed by atoms with Crippen molar-refractivity contribution in [3.8, 4) is 0 Å². The number of pyridine rings is 1. The predicted octanol–water partition coefficient (Wildman–Crippen LogP) is 4.19. The molecule has 2 rings (SSSR count). The topological polar surface area (TPSA) is 12.9 Å². The summed E-state index contributed by atoms with van der Waals surface area (Å²) >= 11 is 6.15. The second-order valence-electron chi connectivity index (χ2n) is 4.74. The number of hydrogen-bond donors (Lipinski definition) is 0. The quantitative estimate of drug-likeness (QED) is 0.648. The monoisotopic (exact) mass is 219 g/mol. The lowest BCUT2D eigenvalue weighted by molar-refractivity contribution is 0.575. The van der Waals surface area contributed by atoms with Crippen LogP contribution in [-0.4, -0.2) is 4.98 Å². The van der Waals surface area contributed by atoms with Gasteiger partial charge in [-0.05, 0) is 12.1 Å². The van der Waals surface area contributed by atoms with E-state index in [0.717, 1.165) is 21.5 Å². The molecule has 0 aliphatic carbocycles. The number of hydrogen-bond acceptors (Lipinski definition) is 1. The minimum absolute atomic E-state index is 0.0458. The molecule has 0 N–H and O–H groups in total. The van der Waals surface area contributed by atoms with Gasteiger partial charge in [0.15, 0.2) is 0 Å². The van der Waals surface area contributed by atoms with Crippen molar-refractivity contribution in [2.75, 3.05) is 0 Å². The Morgan fingerprint density at radius 2 is 1.80 bits per heavy atom. The molecule has 15 heavy (non-hydrogen) atoms. The van der Waals surface area contributed by atoms with E-state index >= 15 is 0 Å². The van der Waals surface area contributed by atoms with Gasteiger partial charge in [0.1, 0.15) is 0 Å². The number of aromatic nitrogens is 1. The van der Waals surface area contributed by atoms with Crippen LogP contribution in [0.3, 0.4) is 0 Å². The SMILES string of the molecule is CC(C)(C)c1nccc2c(Cl)cccc12. The third-order valence-electron chi connectivity index (χ3n) is 2.46. The summed E-state index contributed by atoms with van der Waals surface area (Å²) in [5.74, 6) is 0. The molecule has 0 aliphatic rings. The minimum Gasteiger partial charge on any atom is -0.260 e. The Morgan fingerprint density at radius 3 is 2.47 bits per heavy atom. The zero-order valence-electron chi connectivity index (χ0n) is 9.21. The van der Waals surface area contributed by atoms with Gasteiger partial charge in [-0.1, -0.05) is 44.5 Å². The molecule has 0 saturated carbocycles. The lowest BCUT2D eigenvalue weighted by atomic mass is 9.88. The summed E-state index contributed by atoms with van der Waals surface area (Å²) in [6.45, 7) is 6.49. The van der Waals surface area contributed by atoms with Crippen LogP contribution in [0.25, 0.3) is 10.8 Å². The third kappa shape index (κ3) is 1.84. The number of nitrogens with zero attached hydrogens (tertiary/aromatic N) is 1. The smallest absolute Gasteiger partial charge is 0.0535 e. The van der Waals surface area contributed by atoms with Crippen molar-refractivity contribution in [3.05, 3.63) is 41.2 Å². The zero-order chi connectivity index (χ0) is 11.1. The zero-order valence-corrected chi connectivity index (χ0v) is 9.97. The molecule has 0 saturated heterocycles. The Hall–Kier alpha value is -1.08. The molecule has 1 aromatic carbocycles. The maximum absolute atomic E-state index is 6.15. The van der Waals surface area contributed by atoms with Gasteiger partial charge < -0.3 is 0 Å². The normalized spacial score (nSPS) is 12.0. The molecule has 0 bridgehead atoms. The molecule has 0 atom stereocenters. The van der Waals surface area contributed by atoms with Crippen LogP contribution in [0.15, 0.2) is 30.5 Å². The Bertz CT molecular complexity index is 497. The summed E-state index contributed by atoms with van der Waals surface area (Å²) in [5.41, 5.74) is 1.15. The van der Waals surface area contributed by atoms with Crippen molar-refractivity contribution in [3.63, 3.8) is 0 Å². The lowest BCUT2D eigenvalue weighted by Crippen LogP contribution is -2.13. The lowest BCUT2D eigenvalue weighted by Gasteiger charge is -2.19. The molecule has 0 aliphatic heterocycles. The standard InChI is InChI=1S/C13H14ClN/c1-13(2,3)12-10-5-4-6-11(14)9(10)7-8-15-12/h4-8H,1-3H3. The van der Waals surface area contributed by atoms with Crippen LogP contribution in [0.1, 0.15) is 26.5 Å². The van der Waals surface area contributed by atoms with Gasteiger partial charge in [-0.25, -0.2) is 0 Å². The highest BCUT2D eigenvalue weighted by Gasteiger charge is 2.18. The highest BCUT2D eigenvalue weighted by molar-refractivity contribution is 6.35. The van der Waals surface area contributed by atoms with Crippen molar-refractivity contribution >= 4 is 22.4 Å². The summed E-state index contributed by atoms with van der Waals surface area (Å²) in [4.78, 5) is 4.46. The van der Waals surface area contributed by atoms with E-state index in [4.69, 9.17) is 11.6 Å². The van der Waals surface area contributed by atoms with Gasteiger partial charge >= 0.3 is 0 Å². The van der Waals surface area contributed by atoms with E-state index in [1.54, 1.807) is 0 Å². The number of benzene rings is 1. The first-order valence-electron chi connectivity index (χ1n) is 5.04. The van der Waals surface area contributed by atoms with E-state index in [1.165, 1.54) is 0 Å². The van der Waals surface area contributed by atoms with Gasteiger partial charge in [0, 0.05) is 27.4 Å². The molecule has 78 valence electrons. The third-order valence-corrected chi connectivity index (χ3v) is 2.79. The van der Waals surface area contributed by atoms with E-state index in [-0.39, 0.29) is 5.41 Å². The maximum atomic E-state index is 6.15. The van der Waals surface area contributed by atoms with Crippen LogP contribution in [-0.2, 0) is 5.41 Å². The van der Waals surface area contributed by atoms with Gasteiger partial charge in [0.2, 0.25) is 0 Å². The summed E-state index contributed by atoms with van der Waals surface area (Å²) in [6.07, 6.45) is 1.83. The van der Waals surface area contributed by atoms with E-state index in [0.29, 0.717) is 0 Å². The van der Waals surface area contributed by atoms with Crippen LogP contribution >= 0.6 is 11.6 Å². The van der Waals surface area contributed by atoms with Crippen LogP contribution in [0, 0.1) is 0 Å². The molecule has 1 aromatic heterocycles. The average molecular weight is 220 g/mol. The second-order valence-corrected chi connectivity index (χ2v) is 5.15. The maximum Gasteiger partial charge on any atom is 0.0535 e. The Morgan fingerprint density at radius 1 is 1.07 bits per heavy atom. The first-order valence-corrected chi connectivity index (χ1v) is 5.41. The van der Waals surface area contributed by atoms with Gasteiger partial charge in [-0.15, -0.1) is 0 Å². The summed E-state index contributed by atoms with van der Waals surface area (Å²) < 4.78 is 0. The first kappa shape index (κ1) is 10.4. The van der Waals surface area contributed by atoms with Crippen molar-refractivity contribution in [1.82, 2.24) is 4.98 Å². The highest BCUT2D eigenvalue weighted by Crippen LogP contribution is 2.30. The molecule has 0 fully saturated rings. The molecule has 0 unspecified atom stereocenters. The van der Waals surface area contributed by atoms with Crippen molar-refractivity contribution in [1.29, 1.82) is 0 Å². The van der Waals surface area contributed by atoms with Crippen LogP contribution in [0.5, 0.6) is 0 Å². The molecule has 2 heteroatoms. The molecule has 1 heterocycles. The van der Waals surface area contributed by atoms with Crippen LogP contribution in [0.4, 0.5) is 0 Å². The Kier molecular flexibility index (Phi) is 2.43. The fraction of sp³-hybridized carbons (Fsp3) is 0.308. The second kappa shape index (κ2) is 3.49. The van der Waals surface area contributed by atoms with Crippen LogP contribution in [0.2, 0.25) is 5.02 Å². The Labute approximate surface area is 95.1 Å². The summed E-state index contributed by atoms with van der Waals surface area (Å²) in [6, 6.07) is 7.93. The highest BCUT2D eigenvalue weighted by atomic mass is 35.5. The largest absolute Gasteiger partial charge is 0.260 e. The first-order chi connectivity index (χ1) is 7.00. The van der Waals surface area contributed by atoms with Crippen LogP contribution < -0.4 is 0 Å². The number of rotatable bonds is 0.